The van der Waals surface area contributed by atoms with Crippen LogP contribution in [0.5, 0.6) is 0 Å². The number of benzene rings is 1. The van der Waals surface area contributed by atoms with Crippen molar-refractivity contribution in [2.75, 3.05) is 23.4 Å². The number of nitrogens with one attached hydrogen (secondary N) is 1. The van der Waals surface area contributed by atoms with Gasteiger partial charge in [-0.15, -0.1) is 0 Å². The number of halogens is 2. The lowest BCUT2D eigenvalue weighted by atomic mass is 10.2. The van der Waals surface area contributed by atoms with Crippen LogP contribution in [0.25, 0.3) is 0 Å². The number of hydrogen-bond donors (Lipinski definition) is 1. The molecule has 9 heteroatoms. The predicted molar refractivity (Wildman–Crippen MR) is 101 cm³/mol. The highest BCUT2D eigenvalue weighted by Gasteiger charge is 2.33. The number of para-hydroxylation sites is 1. The lowest BCUT2D eigenvalue weighted by Gasteiger charge is -2.26. The van der Waals surface area contributed by atoms with Crippen molar-refractivity contribution in [3.05, 3.63) is 52.4 Å². The minimum atomic E-state index is -3.07. The molecule has 1 N–H and O–H groups in total. The van der Waals surface area contributed by atoms with Crippen molar-refractivity contribution in [1.29, 1.82) is 0 Å². The molecule has 1 saturated heterocycles. The Hall–Kier alpha value is -1.54. The van der Waals surface area contributed by atoms with Gasteiger partial charge in [0.25, 0.3) is 0 Å². The number of amides is 1. The monoisotopic (exact) mass is 416 g/mol. The second kappa shape index (κ2) is 8.00. The molecule has 3 rings (SSSR count). The summed E-state index contributed by atoms with van der Waals surface area (Å²) in [5.74, 6) is 0.506. The average molecular weight is 417 g/mol. The molecule has 0 aliphatic carbocycles. The molecule has 6 nitrogen and oxygen atoms in total. The molecular formula is C17H18Cl2N2O4S. The SMILES string of the molecule is O=C(CN(Cc1ccco1)[C@@H]1CCS(=O)(=O)C1)Nc1c(Cl)cccc1Cl. The first-order valence-electron chi connectivity index (χ1n) is 8.05. The Kier molecular flexibility index (Phi) is 5.92. The Morgan fingerprint density at radius 1 is 1.23 bits per heavy atom. The number of furan rings is 1. The van der Waals surface area contributed by atoms with Crippen molar-refractivity contribution >= 4 is 44.6 Å². The molecule has 0 radical (unpaired) electrons. The van der Waals surface area contributed by atoms with Crippen LogP contribution in [0.1, 0.15) is 12.2 Å². The Labute approximate surface area is 162 Å². The molecule has 1 aliphatic heterocycles. The summed E-state index contributed by atoms with van der Waals surface area (Å²) in [5, 5.41) is 3.39. The van der Waals surface area contributed by atoms with Crippen LogP contribution in [0.15, 0.2) is 41.0 Å². The van der Waals surface area contributed by atoms with Crippen molar-refractivity contribution in [2.45, 2.75) is 19.0 Å². The zero-order chi connectivity index (χ0) is 18.7. The molecule has 1 aromatic carbocycles. The average Bonchev–Trinajstić information content (AvgIpc) is 3.20. The van der Waals surface area contributed by atoms with Gasteiger partial charge in [-0.2, -0.15) is 0 Å². The summed E-state index contributed by atoms with van der Waals surface area (Å²) in [7, 11) is -3.07. The number of carbonyl (C=O) groups is 1. The molecule has 1 atom stereocenters. The lowest BCUT2D eigenvalue weighted by molar-refractivity contribution is -0.118. The molecule has 0 saturated carbocycles. The summed E-state index contributed by atoms with van der Waals surface area (Å²) in [6.45, 7) is 0.347. The van der Waals surface area contributed by atoms with Gasteiger partial charge >= 0.3 is 0 Å². The number of anilines is 1. The quantitative estimate of drug-likeness (QED) is 0.781. The third-order valence-electron chi connectivity index (χ3n) is 4.24. The summed E-state index contributed by atoms with van der Waals surface area (Å²) in [6, 6.07) is 8.26. The van der Waals surface area contributed by atoms with E-state index in [0.717, 1.165) is 0 Å². The molecule has 140 valence electrons. The number of nitrogens with zero attached hydrogens (tertiary/aromatic N) is 1. The molecule has 0 bridgehead atoms. The summed E-state index contributed by atoms with van der Waals surface area (Å²) in [6.07, 6.45) is 2.03. The van der Waals surface area contributed by atoms with E-state index in [-0.39, 0.29) is 30.0 Å². The van der Waals surface area contributed by atoms with E-state index in [1.54, 1.807) is 36.6 Å². The maximum Gasteiger partial charge on any atom is 0.238 e. The minimum Gasteiger partial charge on any atom is -0.468 e. The van der Waals surface area contributed by atoms with Crippen LogP contribution in [-0.4, -0.2) is 43.3 Å². The molecule has 1 amide bonds. The zero-order valence-corrected chi connectivity index (χ0v) is 16.1. The molecular weight excluding hydrogens is 399 g/mol. The van der Waals surface area contributed by atoms with E-state index in [0.29, 0.717) is 34.5 Å². The van der Waals surface area contributed by atoms with Gasteiger partial charge in [-0.3, -0.25) is 9.69 Å². The van der Waals surface area contributed by atoms with Gasteiger partial charge in [0.05, 0.1) is 46.6 Å². The molecule has 1 aliphatic rings. The summed E-state index contributed by atoms with van der Waals surface area (Å²) < 4.78 is 29.0. The zero-order valence-electron chi connectivity index (χ0n) is 13.8. The molecule has 0 unspecified atom stereocenters. The van der Waals surface area contributed by atoms with E-state index in [1.807, 2.05) is 4.90 Å². The first-order valence-corrected chi connectivity index (χ1v) is 10.6. The maximum atomic E-state index is 12.5. The number of rotatable bonds is 6. The Balaban J connectivity index is 1.73. The Morgan fingerprint density at radius 3 is 2.54 bits per heavy atom. The fraction of sp³-hybridized carbons (Fsp3) is 0.353. The van der Waals surface area contributed by atoms with Crippen LogP contribution in [0.2, 0.25) is 10.0 Å². The summed E-state index contributed by atoms with van der Waals surface area (Å²) >= 11 is 12.2. The van der Waals surface area contributed by atoms with E-state index >= 15 is 0 Å². The van der Waals surface area contributed by atoms with E-state index in [9.17, 15) is 13.2 Å². The third kappa shape index (κ3) is 4.79. The number of hydrogen-bond acceptors (Lipinski definition) is 5. The van der Waals surface area contributed by atoms with Gasteiger partial charge in [-0.1, -0.05) is 29.3 Å². The van der Waals surface area contributed by atoms with E-state index in [2.05, 4.69) is 5.32 Å². The smallest absolute Gasteiger partial charge is 0.238 e. The van der Waals surface area contributed by atoms with Crippen molar-refractivity contribution in [3.8, 4) is 0 Å². The molecule has 1 aromatic heterocycles. The van der Waals surface area contributed by atoms with Crippen LogP contribution in [0.4, 0.5) is 5.69 Å². The predicted octanol–water partition coefficient (Wildman–Crippen LogP) is 3.21. The van der Waals surface area contributed by atoms with Gasteiger partial charge in [0.2, 0.25) is 5.91 Å². The normalized spacial score (nSPS) is 19.0. The third-order valence-corrected chi connectivity index (χ3v) is 6.62. The van der Waals surface area contributed by atoms with E-state index in [4.69, 9.17) is 27.6 Å². The highest BCUT2D eigenvalue weighted by Crippen LogP contribution is 2.30. The molecule has 0 spiro atoms. The van der Waals surface area contributed by atoms with Crippen LogP contribution in [-0.2, 0) is 21.2 Å². The molecule has 2 heterocycles. The molecule has 2 aromatic rings. The fourth-order valence-corrected chi connectivity index (χ4v) is 5.21. The molecule has 26 heavy (non-hydrogen) atoms. The van der Waals surface area contributed by atoms with Crippen molar-refractivity contribution in [1.82, 2.24) is 4.90 Å². The van der Waals surface area contributed by atoms with Gasteiger partial charge in [-0.25, -0.2) is 8.42 Å². The Morgan fingerprint density at radius 2 is 1.96 bits per heavy atom. The maximum absolute atomic E-state index is 12.5. The van der Waals surface area contributed by atoms with Gasteiger partial charge in [0.1, 0.15) is 5.76 Å². The second-order valence-electron chi connectivity index (χ2n) is 6.19. The van der Waals surface area contributed by atoms with E-state index < -0.39 is 9.84 Å². The van der Waals surface area contributed by atoms with Gasteiger partial charge in [0, 0.05) is 6.04 Å². The molecule has 1 fully saturated rings. The number of sulfone groups is 1. The van der Waals surface area contributed by atoms with Crippen LogP contribution in [0, 0.1) is 0 Å². The van der Waals surface area contributed by atoms with Crippen LogP contribution in [0.3, 0.4) is 0 Å². The first-order chi connectivity index (χ1) is 12.3. The van der Waals surface area contributed by atoms with Crippen LogP contribution < -0.4 is 5.32 Å². The summed E-state index contributed by atoms with van der Waals surface area (Å²) in [4.78, 5) is 14.3. The van der Waals surface area contributed by atoms with Crippen molar-refractivity contribution in [2.24, 2.45) is 0 Å². The van der Waals surface area contributed by atoms with E-state index in [1.165, 1.54) is 0 Å². The summed E-state index contributed by atoms with van der Waals surface area (Å²) in [5.41, 5.74) is 0.345. The van der Waals surface area contributed by atoms with Gasteiger partial charge in [0.15, 0.2) is 9.84 Å². The van der Waals surface area contributed by atoms with Gasteiger partial charge < -0.3 is 9.73 Å². The van der Waals surface area contributed by atoms with Crippen molar-refractivity contribution < 1.29 is 17.6 Å². The lowest BCUT2D eigenvalue weighted by Crippen LogP contribution is -2.41. The Bertz CT molecular complexity index is 864. The highest BCUT2D eigenvalue weighted by atomic mass is 35.5. The minimum absolute atomic E-state index is 0.00242. The largest absolute Gasteiger partial charge is 0.468 e. The standard InChI is InChI=1S/C17H18Cl2N2O4S/c18-14-4-1-5-15(19)17(14)20-16(22)10-21(9-13-3-2-7-25-13)12-6-8-26(23,24)11-12/h1-5,7,12H,6,8-11H2,(H,20,22)/t12-/m1/s1. The highest BCUT2D eigenvalue weighted by molar-refractivity contribution is 7.91. The number of carbonyl (C=O) groups excluding carboxylic acids is 1. The fourth-order valence-electron chi connectivity index (χ4n) is 2.96. The van der Waals surface area contributed by atoms with Crippen molar-refractivity contribution in [3.63, 3.8) is 0 Å². The topological polar surface area (TPSA) is 79.6 Å². The van der Waals surface area contributed by atoms with Crippen LogP contribution >= 0.6 is 23.2 Å². The van der Waals surface area contributed by atoms with Gasteiger partial charge in [-0.05, 0) is 30.7 Å². The second-order valence-corrected chi connectivity index (χ2v) is 9.23. The first kappa shape index (κ1) is 19.2.